The summed E-state index contributed by atoms with van der Waals surface area (Å²) >= 11 is 3.29. The van der Waals surface area contributed by atoms with Gasteiger partial charge in [-0.15, -0.1) is 22.7 Å². The van der Waals surface area contributed by atoms with Crippen molar-refractivity contribution in [2.75, 3.05) is 10.6 Å². The second-order valence-electron chi connectivity index (χ2n) is 8.01. The number of hydrogen-bond acceptors (Lipinski definition) is 7. The van der Waals surface area contributed by atoms with Gasteiger partial charge >= 0.3 is 0 Å². The Hall–Kier alpha value is -3.82. The summed E-state index contributed by atoms with van der Waals surface area (Å²) in [6, 6.07) is 19.6. The van der Waals surface area contributed by atoms with Gasteiger partial charge in [-0.25, -0.2) is 15.0 Å². The number of fused-ring (bicyclic) bond motifs is 3. The molecule has 3 aromatic carbocycles. The summed E-state index contributed by atoms with van der Waals surface area (Å²) in [6.45, 7) is 3.97. The maximum atomic E-state index is 13.6. The maximum Gasteiger partial charge on any atom is 0.268 e. The fraction of sp³-hybridized carbons (Fsp3) is 0.120. The Morgan fingerprint density at radius 3 is 2.24 bits per heavy atom. The molecule has 3 heterocycles. The number of amides is 1. The summed E-state index contributed by atoms with van der Waals surface area (Å²) in [5.74, 6) is -0.205. The van der Waals surface area contributed by atoms with Gasteiger partial charge in [-0.2, -0.15) is 0 Å². The topological polar surface area (TPSA) is 84.7 Å². The summed E-state index contributed by atoms with van der Waals surface area (Å²) < 4.78 is 4.06. The second-order valence-corrected chi connectivity index (χ2v) is 10.5. The number of para-hydroxylation sites is 2. The number of nitrogens with zero attached hydrogens (tertiary/aromatic N) is 4. The highest BCUT2D eigenvalue weighted by atomic mass is 32.1. The highest BCUT2D eigenvalue weighted by Gasteiger charge is 2.23. The van der Waals surface area contributed by atoms with Crippen molar-refractivity contribution in [1.29, 1.82) is 0 Å². The molecule has 0 saturated heterocycles. The highest BCUT2D eigenvalue weighted by Crippen LogP contribution is 2.28. The van der Waals surface area contributed by atoms with Gasteiger partial charge in [0.05, 0.1) is 47.8 Å². The van der Waals surface area contributed by atoms with Gasteiger partial charge in [-0.3, -0.25) is 4.79 Å². The van der Waals surface area contributed by atoms with Crippen LogP contribution in [0.3, 0.4) is 0 Å². The third-order valence-corrected chi connectivity index (χ3v) is 7.47. The van der Waals surface area contributed by atoms with Crippen LogP contribution < -0.4 is 10.6 Å². The maximum absolute atomic E-state index is 13.6. The van der Waals surface area contributed by atoms with E-state index in [0.29, 0.717) is 5.69 Å². The minimum absolute atomic E-state index is 0.205. The lowest BCUT2D eigenvalue weighted by Crippen LogP contribution is -2.31. The number of thiazole rings is 2. The highest BCUT2D eigenvalue weighted by molar-refractivity contribution is 7.18. The van der Waals surface area contributed by atoms with Gasteiger partial charge in [0.1, 0.15) is 0 Å². The van der Waals surface area contributed by atoms with E-state index in [4.69, 9.17) is 0 Å². The number of imidazole rings is 1. The Labute approximate surface area is 203 Å². The lowest BCUT2D eigenvalue weighted by molar-refractivity contribution is -0.118. The molecule has 168 valence electrons. The van der Waals surface area contributed by atoms with Crippen molar-refractivity contribution < 1.29 is 4.79 Å². The first-order valence-corrected chi connectivity index (χ1v) is 12.4. The molecule has 6 rings (SSSR count). The van der Waals surface area contributed by atoms with E-state index in [2.05, 4.69) is 25.6 Å². The van der Waals surface area contributed by atoms with Gasteiger partial charge in [0.2, 0.25) is 0 Å². The van der Waals surface area contributed by atoms with Crippen molar-refractivity contribution in [3.05, 3.63) is 77.0 Å². The number of nitrogens with one attached hydrogen (secondary N) is 2. The minimum atomic E-state index is -0.725. The molecule has 1 amide bonds. The zero-order valence-electron chi connectivity index (χ0n) is 18.4. The SMILES string of the molecule is Cc1nc2cc(NC(=O)C(Nc3ccc4sc(C)nc4c3)n3cnc4ccccc43)ccc2s1. The van der Waals surface area contributed by atoms with Crippen molar-refractivity contribution in [3.8, 4) is 0 Å². The van der Waals surface area contributed by atoms with Gasteiger partial charge < -0.3 is 15.2 Å². The van der Waals surface area contributed by atoms with E-state index in [9.17, 15) is 4.79 Å². The minimum Gasteiger partial charge on any atom is -0.357 e. The molecule has 0 saturated carbocycles. The Balaban J connectivity index is 1.37. The fourth-order valence-electron chi connectivity index (χ4n) is 4.07. The van der Waals surface area contributed by atoms with Crippen LogP contribution in [0.15, 0.2) is 67.0 Å². The van der Waals surface area contributed by atoms with Crippen LogP contribution in [-0.2, 0) is 4.79 Å². The Morgan fingerprint density at radius 1 is 0.853 bits per heavy atom. The Kier molecular flexibility index (Phi) is 5.00. The van der Waals surface area contributed by atoms with Crippen LogP contribution in [0.1, 0.15) is 16.2 Å². The average Bonchev–Trinajstić information content (AvgIpc) is 3.51. The summed E-state index contributed by atoms with van der Waals surface area (Å²) in [5, 5.41) is 8.46. The first-order chi connectivity index (χ1) is 16.5. The van der Waals surface area contributed by atoms with E-state index in [1.54, 1.807) is 29.0 Å². The summed E-state index contributed by atoms with van der Waals surface area (Å²) in [6.07, 6.45) is 0.970. The molecule has 1 atom stereocenters. The first-order valence-electron chi connectivity index (χ1n) is 10.8. The van der Waals surface area contributed by atoms with E-state index >= 15 is 0 Å². The number of benzene rings is 3. The van der Waals surface area contributed by atoms with E-state index < -0.39 is 6.17 Å². The quantitative estimate of drug-likeness (QED) is 0.308. The van der Waals surface area contributed by atoms with Crippen LogP contribution in [0.5, 0.6) is 0 Å². The molecule has 0 radical (unpaired) electrons. The third-order valence-electron chi connectivity index (χ3n) is 5.57. The van der Waals surface area contributed by atoms with Crippen molar-refractivity contribution in [2.45, 2.75) is 20.0 Å². The summed E-state index contributed by atoms with van der Waals surface area (Å²) in [4.78, 5) is 27.2. The number of hydrogen-bond donors (Lipinski definition) is 2. The van der Waals surface area contributed by atoms with Crippen LogP contribution in [0.2, 0.25) is 0 Å². The van der Waals surface area contributed by atoms with Crippen LogP contribution in [0, 0.1) is 13.8 Å². The lowest BCUT2D eigenvalue weighted by atomic mass is 10.2. The molecular weight excluding hydrogens is 464 g/mol. The molecule has 7 nitrogen and oxygen atoms in total. The zero-order chi connectivity index (χ0) is 23.2. The van der Waals surface area contributed by atoms with Crippen LogP contribution >= 0.6 is 22.7 Å². The predicted octanol–water partition coefficient (Wildman–Crippen LogP) is 6.12. The number of carbonyl (C=O) groups excluding carboxylic acids is 1. The van der Waals surface area contributed by atoms with Crippen molar-refractivity contribution in [3.63, 3.8) is 0 Å². The summed E-state index contributed by atoms with van der Waals surface area (Å²) in [7, 11) is 0. The Bertz CT molecular complexity index is 1680. The van der Waals surface area contributed by atoms with Crippen molar-refractivity contribution in [1.82, 2.24) is 19.5 Å². The molecule has 0 spiro atoms. The number of anilines is 2. The van der Waals surface area contributed by atoms with Gasteiger partial charge in [0, 0.05) is 11.4 Å². The zero-order valence-corrected chi connectivity index (χ0v) is 20.1. The molecule has 34 heavy (non-hydrogen) atoms. The molecule has 3 aromatic heterocycles. The molecule has 9 heteroatoms. The molecular formula is C25H20N6OS2. The average molecular weight is 485 g/mol. The fourth-order valence-corrected chi connectivity index (χ4v) is 5.68. The van der Waals surface area contributed by atoms with E-state index in [1.165, 1.54) is 0 Å². The van der Waals surface area contributed by atoms with Gasteiger partial charge in [-0.05, 0) is 62.4 Å². The van der Waals surface area contributed by atoms with Crippen LogP contribution in [-0.4, -0.2) is 25.4 Å². The van der Waals surface area contributed by atoms with Crippen molar-refractivity contribution >= 4 is 71.4 Å². The van der Waals surface area contributed by atoms with Crippen molar-refractivity contribution in [2.24, 2.45) is 0 Å². The second kappa shape index (κ2) is 8.19. The normalized spacial score (nSPS) is 12.4. The summed E-state index contributed by atoms with van der Waals surface area (Å²) in [5.41, 5.74) is 4.98. The number of aromatic nitrogens is 4. The van der Waals surface area contributed by atoms with E-state index in [1.807, 2.05) is 79.1 Å². The standard InChI is InChI=1S/C25H20N6OS2/c1-14-27-19-11-16(7-9-22(19)33-14)29-24(31-13-26-18-5-3-4-6-21(18)31)25(32)30-17-8-10-23-20(12-17)28-15(2)34-23/h3-13,24,29H,1-2H3,(H,30,32). The van der Waals surface area contributed by atoms with Crippen LogP contribution in [0.4, 0.5) is 11.4 Å². The first kappa shape index (κ1) is 20.8. The van der Waals surface area contributed by atoms with Gasteiger partial charge in [-0.1, -0.05) is 12.1 Å². The number of carbonyl (C=O) groups is 1. The predicted molar refractivity (Wildman–Crippen MR) is 140 cm³/mol. The smallest absolute Gasteiger partial charge is 0.268 e. The number of aryl methyl sites for hydroxylation is 2. The molecule has 0 fully saturated rings. The molecule has 2 N–H and O–H groups in total. The molecule has 0 aliphatic heterocycles. The molecule has 6 aromatic rings. The molecule has 1 unspecified atom stereocenters. The van der Waals surface area contributed by atoms with Gasteiger partial charge in [0.25, 0.3) is 5.91 Å². The largest absolute Gasteiger partial charge is 0.357 e. The van der Waals surface area contributed by atoms with E-state index in [-0.39, 0.29) is 5.91 Å². The lowest BCUT2D eigenvalue weighted by Gasteiger charge is -2.21. The third kappa shape index (κ3) is 3.78. The van der Waals surface area contributed by atoms with Crippen LogP contribution in [0.25, 0.3) is 31.5 Å². The molecule has 0 bridgehead atoms. The monoisotopic (exact) mass is 484 g/mol. The van der Waals surface area contributed by atoms with E-state index in [0.717, 1.165) is 47.2 Å². The Morgan fingerprint density at radius 2 is 1.50 bits per heavy atom. The van der Waals surface area contributed by atoms with Gasteiger partial charge in [0.15, 0.2) is 6.17 Å². The molecule has 0 aliphatic rings. The molecule has 0 aliphatic carbocycles. The number of rotatable bonds is 5.